The molecule has 66 valence electrons. The predicted octanol–water partition coefficient (Wildman–Crippen LogP) is 0.449. The van der Waals surface area contributed by atoms with E-state index in [0.29, 0.717) is 12.0 Å². The van der Waals surface area contributed by atoms with Gasteiger partial charge < -0.3 is 5.32 Å². The Morgan fingerprint density at radius 1 is 1.58 bits per heavy atom. The highest BCUT2D eigenvalue weighted by Gasteiger charge is 2.22. The average Bonchev–Trinajstić information content (AvgIpc) is 2.57. The minimum Gasteiger partial charge on any atom is -0.315 e. The molecule has 1 aromatic rings. The third kappa shape index (κ3) is 1.34. The molecule has 1 aliphatic rings. The van der Waals surface area contributed by atoms with Gasteiger partial charge in [-0.2, -0.15) is 5.10 Å². The van der Waals surface area contributed by atoms with Gasteiger partial charge in [-0.05, 0) is 18.9 Å². The van der Waals surface area contributed by atoms with Crippen LogP contribution in [0.2, 0.25) is 0 Å². The van der Waals surface area contributed by atoms with Crippen molar-refractivity contribution in [3.05, 3.63) is 12.7 Å². The molecule has 0 aliphatic carbocycles. The van der Waals surface area contributed by atoms with Gasteiger partial charge in [-0.3, -0.25) is 0 Å². The Kier molecular flexibility index (Phi) is 2.08. The van der Waals surface area contributed by atoms with Crippen LogP contribution in [-0.4, -0.2) is 27.9 Å². The molecule has 1 aromatic heterocycles. The van der Waals surface area contributed by atoms with E-state index in [1.54, 1.807) is 12.7 Å². The van der Waals surface area contributed by atoms with Crippen molar-refractivity contribution in [1.82, 2.24) is 20.1 Å². The van der Waals surface area contributed by atoms with Crippen LogP contribution in [0.25, 0.3) is 0 Å². The predicted molar refractivity (Wildman–Crippen MR) is 45.7 cm³/mol. The second kappa shape index (κ2) is 3.23. The fourth-order valence-electron chi connectivity index (χ4n) is 1.72. The second-order valence-corrected chi connectivity index (χ2v) is 3.41. The SMILES string of the molecule is CC1CCNCC1n1cncn1. The minimum atomic E-state index is 0.487. The van der Waals surface area contributed by atoms with E-state index in [2.05, 4.69) is 22.3 Å². The van der Waals surface area contributed by atoms with Gasteiger partial charge in [0.2, 0.25) is 0 Å². The number of hydrogen-bond donors (Lipinski definition) is 1. The normalized spacial score (nSPS) is 30.4. The molecule has 12 heavy (non-hydrogen) atoms. The summed E-state index contributed by atoms with van der Waals surface area (Å²) in [7, 11) is 0. The Labute approximate surface area is 72.0 Å². The van der Waals surface area contributed by atoms with E-state index in [0.717, 1.165) is 13.1 Å². The highest BCUT2D eigenvalue weighted by Crippen LogP contribution is 2.21. The lowest BCUT2D eigenvalue weighted by molar-refractivity contribution is 0.256. The van der Waals surface area contributed by atoms with Gasteiger partial charge >= 0.3 is 0 Å². The fraction of sp³-hybridized carbons (Fsp3) is 0.750. The molecule has 2 rings (SSSR count). The molecule has 2 heterocycles. The van der Waals surface area contributed by atoms with Gasteiger partial charge in [-0.25, -0.2) is 9.67 Å². The average molecular weight is 166 g/mol. The van der Waals surface area contributed by atoms with Crippen molar-refractivity contribution in [2.75, 3.05) is 13.1 Å². The van der Waals surface area contributed by atoms with Gasteiger partial charge in [-0.1, -0.05) is 6.92 Å². The third-order valence-electron chi connectivity index (χ3n) is 2.56. The summed E-state index contributed by atoms with van der Waals surface area (Å²) in [6, 6.07) is 0.487. The van der Waals surface area contributed by atoms with Crippen molar-refractivity contribution in [1.29, 1.82) is 0 Å². The number of rotatable bonds is 1. The summed E-state index contributed by atoms with van der Waals surface area (Å²) in [6.07, 6.45) is 4.63. The highest BCUT2D eigenvalue weighted by atomic mass is 15.3. The number of hydrogen-bond acceptors (Lipinski definition) is 3. The number of piperidine rings is 1. The third-order valence-corrected chi connectivity index (χ3v) is 2.56. The van der Waals surface area contributed by atoms with Gasteiger partial charge in [0.25, 0.3) is 0 Å². The number of nitrogens with zero attached hydrogens (tertiary/aromatic N) is 3. The largest absolute Gasteiger partial charge is 0.315 e. The van der Waals surface area contributed by atoms with Crippen molar-refractivity contribution in [2.45, 2.75) is 19.4 Å². The highest BCUT2D eigenvalue weighted by molar-refractivity contribution is 4.80. The molecule has 1 N–H and O–H groups in total. The smallest absolute Gasteiger partial charge is 0.137 e. The molecule has 2 unspecified atom stereocenters. The topological polar surface area (TPSA) is 42.7 Å². The van der Waals surface area contributed by atoms with Gasteiger partial charge in [0.1, 0.15) is 12.7 Å². The van der Waals surface area contributed by atoms with Crippen LogP contribution in [0.3, 0.4) is 0 Å². The van der Waals surface area contributed by atoms with Crippen molar-refractivity contribution in [2.24, 2.45) is 5.92 Å². The van der Waals surface area contributed by atoms with Crippen LogP contribution in [0.5, 0.6) is 0 Å². The quantitative estimate of drug-likeness (QED) is 0.658. The molecule has 0 spiro atoms. The lowest BCUT2D eigenvalue weighted by Gasteiger charge is -2.29. The first-order chi connectivity index (χ1) is 5.88. The summed E-state index contributed by atoms with van der Waals surface area (Å²) in [6.45, 7) is 4.42. The molecule has 0 saturated carbocycles. The molecule has 1 aliphatic heterocycles. The summed E-state index contributed by atoms with van der Waals surface area (Å²) >= 11 is 0. The monoisotopic (exact) mass is 166 g/mol. The molecular formula is C8H14N4. The maximum atomic E-state index is 4.16. The van der Waals surface area contributed by atoms with Gasteiger partial charge in [0.05, 0.1) is 6.04 Å². The first kappa shape index (κ1) is 7.73. The molecular weight excluding hydrogens is 152 g/mol. The molecule has 0 radical (unpaired) electrons. The van der Waals surface area contributed by atoms with Crippen molar-refractivity contribution in [3.63, 3.8) is 0 Å². The van der Waals surface area contributed by atoms with Gasteiger partial charge in [-0.15, -0.1) is 0 Å². The van der Waals surface area contributed by atoms with E-state index in [-0.39, 0.29) is 0 Å². The summed E-state index contributed by atoms with van der Waals surface area (Å²) in [5.74, 6) is 0.702. The Balaban J connectivity index is 2.11. The summed E-state index contributed by atoms with van der Waals surface area (Å²) in [4.78, 5) is 3.96. The van der Waals surface area contributed by atoms with Crippen LogP contribution in [-0.2, 0) is 0 Å². The Bertz CT molecular complexity index is 231. The van der Waals surface area contributed by atoms with E-state index in [1.807, 2.05) is 4.68 Å². The molecule has 0 aromatic carbocycles. The van der Waals surface area contributed by atoms with Crippen LogP contribution in [0.4, 0.5) is 0 Å². The number of nitrogens with one attached hydrogen (secondary N) is 1. The Morgan fingerprint density at radius 3 is 3.17 bits per heavy atom. The molecule has 1 fully saturated rings. The van der Waals surface area contributed by atoms with E-state index >= 15 is 0 Å². The summed E-state index contributed by atoms with van der Waals surface area (Å²) in [5.41, 5.74) is 0. The van der Waals surface area contributed by atoms with E-state index in [9.17, 15) is 0 Å². The summed E-state index contributed by atoms with van der Waals surface area (Å²) < 4.78 is 1.96. The summed E-state index contributed by atoms with van der Waals surface area (Å²) in [5, 5.41) is 7.52. The maximum Gasteiger partial charge on any atom is 0.137 e. The second-order valence-electron chi connectivity index (χ2n) is 3.41. The van der Waals surface area contributed by atoms with Crippen LogP contribution < -0.4 is 5.32 Å². The van der Waals surface area contributed by atoms with Gasteiger partial charge in [0.15, 0.2) is 0 Å². The molecule has 0 bridgehead atoms. The fourth-order valence-corrected chi connectivity index (χ4v) is 1.72. The van der Waals surface area contributed by atoms with Crippen LogP contribution >= 0.6 is 0 Å². The number of aromatic nitrogens is 3. The standard InChI is InChI=1S/C8H14N4/c1-7-2-3-9-4-8(7)12-6-10-5-11-12/h5-9H,2-4H2,1H3. The van der Waals surface area contributed by atoms with Gasteiger partial charge in [0, 0.05) is 6.54 Å². The molecule has 0 amide bonds. The zero-order valence-corrected chi connectivity index (χ0v) is 7.27. The van der Waals surface area contributed by atoms with E-state index in [1.165, 1.54) is 6.42 Å². The zero-order valence-electron chi connectivity index (χ0n) is 7.27. The maximum absolute atomic E-state index is 4.16. The van der Waals surface area contributed by atoms with Crippen molar-refractivity contribution in [3.8, 4) is 0 Å². The van der Waals surface area contributed by atoms with E-state index < -0.39 is 0 Å². The Morgan fingerprint density at radius 2 is 2.50 bits per heavy atom. The lowest BCUT2D eigenvalue weighted by atomic mass is 9.95. The van der Waals surface area contributed by atoms with Crippen LogP contribution in [0, 0.1) is 5.92 Å². The van der Waals surface area contributed by atoms with Crippen LogP contribution in [0.1, 0.15) is 19.4 Å². The van der Waals surface area contributed by atoms with E-state index in [4.69, 9.17) is 0 Å². The lowest BCUT2D eigenvalue weighted by Crippen LogP contribution is -2.37. The molecule has 4 heteroatoms. The van der Waals surface area contributed by atoms with Crippen LogP contribution in [0.15, 0.2) is 12.7 Å². The minimum absolute atomic E-state index is 0.487. The zero-order chi connectivity index (χ0) is 8.39. The first-order valence-electron chi connectivity index (χ1n) is 4.43. The molecule has 4 nitrogen and oxygen atoms in total. The molecule has 1 saturated heterocycles. The first-order valence-corrected chi connectivity index (χ1v) is 4.43. The molecule has 2 atom stereocenters. The Hall–Kier alpha value is -0.900. The van der Waals surface area contributed by atoms with Crippen molar-refractivity contribution < 1.29 is 0 Å². The van der Waals surface area contributed by atoms with Crippen molar-refractivity contribution >= 4 is 0 Å².